The van der Waals surface area contributed by atoms with Gasteiger partial charge in [-0.15, -0.1) is 0 Å². The standard InChI is InChI=1S/C33H39Cl2N3O6S/c1-21-15-22(2)17-25(16-21)38(45(41,42)26-13-14-30(43-4)31(18-26)44-5)20-32(39)37(19-27-28(34)11-8-12-29(27)35)23(3)33(40)36-24-9-6-7-10-24/h8,11-18,23-24H,6-7,9-10,19-20H2,1-5H3,(H,36,40). The number of amides is 2. The van der Waals surface area contributed by atoms with Crippen molar-refractivity contribution in [3.63, 3.8) is 0 Å². The van der Waals surface area contributed by atoms with Gasteiger partial charge in [0.2, 0.25) is 11.8 Å². The summed E-state index contributed by atoms with van der Waals surface area (Å²) in [7, 11) is -1.46. The van der Waals surface area contributed by atoms with Crippen molar-refractivity contribution in [2.75, 3.05) is 25.1 Å². The van der Waals surface area contributed by atoms with Crippen molar-refractivity contribution < 1.29 is 27.5 Å². The SMILES string of the molecule is COc1ccc(S(=O)(=O)N(CC(=O)N(Cc2c(Cl)cccc2Cl)C(C)C(=O)NC2CCCC2)c2cc(C)cc(C)c2)cc1OC. The van der Waals surface area contributed by atoms with E-state index in [-0.39, 0.29) is 29.1 Å². The number of benzene rings is 3. The zero-order chi connectivity index (χ0) is 32.9. The number of ether oxygens (including phenoxy) is 2. The summed E-state index contributed by atoms with van der Waals surface area (Å²) in [5.41, 5.74) is 2.38. The van der Waals surface area contributed by atoms with Crippen molar-refractivity contribution >= 4 is 50.7 Å². The van der Waals surface area contributed by atoms with Crippen molar-refractivity contribution in [2.45, 2.75) is 70.0 Å². The number of rotatable bonds is 12. The fraction of sp³-hybridized carbons (Fsp3) is 0.394. The number of anilines is 1. The van der Waals surface area contributed by atoms with E-state index in [1.165, 1.54) is 37.3 Å². The van der Waals surface area contributed by atoms with E-state index in [1.807, 2.05) is 19.9 Å². The normalized spacial score (nSPS) is 14.1. The third-order valence-electron chi connectivity index (χ3n) is 7.98. The molecule has 0 aromatic heterocycles. The van der Waals surface area contributed by atoms with E-state index in [0.29, 0.717) is 27.0 Å². The maximum Gasteiger partial charge on any atom is 0.264 e. The molecular weight excluding hydrogens is 637 g/mol. The van der Waals surface area contributed by atoms with Crippen LogP contribution < -0.4 is 19.1 Å². The van der Waals surface area contributed by atoms with Crippen LogP contribution in [0.2, 0.25) is 10.0 Å². The fourth-order valence-corrected chi connectivity index (χ4v) is 7.49. The lowest BCUT2D eigenvalue weighted by atomic mass is 10.1. The van der Waals surface area contributed by atoms with Crippen LogP contribution in [0.15, 0.2) is 59.5 Å². The van der Waals surface area contributed by atoms with Crippen molar-refractivity contribution in [2.24, 2.45) is 0 Å². The molecular formula is C33H39Cl2N3O6S. The second kappa shape index (κ2) is 14.7. The lowest BCUT2D eigenvalue weighted by molar-refractivity contribution is -0.139. The number of hydrogen-bond donors (Lipinski definition) is 1. The summed E-state index contributed by atoms with van der Waals surface area (Å²) in [5.74, 6) is -0.366. The van der Waals surface area contributed by atoms with Gasteiger partial charge in [0.15, 0.2) is 11.5 Å². The summed E-state index contributed by atoms with van der Waals surface area (Å²) >= 11 is 13.0. The van der Waals surface area contributed by atoms with Crippen molar-refractivity contribution in [3.8, 4) is 11.5 Å². The van der Waals surface area contributed by atoms with Crippen LogP contribution in [0.1, 0.15) is 49.3 Å². The van der Waals surface area contributed by atoms with Crippen LogP contribution in [-0.4, -0.2) is 58.0 Å². The molecule has 2 amide bonds. The molecule has 1 N–H and O–H groups in total. The van der Waals surface area contributed by atoms with Crippen molar-refractivity contribution in [1.29, 1.82) is 0 Å². The van der Waals surface area contributed by atoms with Crippen LogP contribution in [-0.2, 0) is 26.2 Å². The molecule has 0 bridgehead atoms. The van der Waals surface area contributed by atoms with Gasteiger partial charge in [-0.1, -0.05) is 48.2 Å². The van der Waals surface area contributed by atoms with Crippen LogP contribution in [0.3, 0.4) is 0 Å². The van der Waals surface area contributed by atoms with E-state index in [0.717, 1.165) is 41.1 Å². The van der Waals surface area contributed by atoms with Crippen LogP contribution >= 0.6 is 23.2 Å². The molecule has 0 saturated heterocycles. The summed E-state index contributed by atoms with van der Waals surface area (Å²) in [6.45, 7) is 4.62. The summed E-state index contributed by atoms with van der Waals surface area (Å²) < 4.78 is 40.4. The molecule has 1 aliphatic carbocycles. The molecule has 9 nitrogen and oxygen atoms in total. The van der Waals surface area contributed by atoms with Gasteiger partial charge in [-0.3, -0.25) is 13.9 Å². The smallest absolute Gasteiger partial charge is 0.264 e. The Bertz CT molecular complexity index is 1620. The molecule has 1 atom stereocenters. The Hall–Kier alpha value is -3.47. The average molecular weight is 677 g/mol. The van der Waals surface area contributed by atoms with E-state index < -0.39 is 28.5 Å². The molecule has 1 unspecified atom stereocenters. The Morgan fingerprint density at radius 2 is 1.53 bits per heavy atom. The topological polar surface area (TPSA) is 105 Å². The summed E-state index contributed by atoms with van der Waals surface area (Å²) in [6.07, 6.45) is 3.78. The van der Waals surface area contributed by atoms with E-state index >= 15 is 0 Å². The maximum absolute atomic E-state index is 14.3. The number of nitrogens with one attached hydrogen (secondary N) is 1. The number of carbonyl (C=O) groups excluding carboxylic acids is 2. The van der Waals surface area contributed by atoms with Gasteiger partial charge in [0.1, 0.15) is 12.6 Å². The summed E-state index contributed by atoms with van der Waals surface area (Å²) in [4.78, 5) is 29.0. The molecule has 0 radical (unpaired) electrons. The second-order valence-corrected chi connectivity index (χ2v) is 13.9. The molecule has 1 saturated carbocycles. The molecule has 0 aliphatic heterocycles. The third-order valence-corrected chi connectivity index (χ3v) is 10.5. The number of sulfonamides is 1. The largest absolute Gasteiger partial charge is 0.493 e. The summed E-state index contributed by atoms with van der Waals surface area (Å²) in [5, 5.41) is 3.71. The predicted octanol–water partition coefficient (Wildman–Crippen LogP) is 6.30. The van der Waals surface area contributed by atoms with Gasteiger partial charge in [-0.05, 0) is 81.1 Å². The minimum atomic E-state index is -4.33. The van der Waals surface area contributed by atoms with Gasteiger partial charge < -0.3 is 19.7 Å². The maximum atomic E-state index is 14.3. The van der Waals surface area contributed by atoms with Gasteiger partial charge in [-0.25, -0.2) is 8.42 Å². The number of carbonyl (C=O) groups is 2. The second-order valence-electron chi connectivity index (χ2n) is 11.3. The molecule has 1 aliphatic rings. The molecule has 0 spiro atoms. The van der Waals surface area contributed by atoms with Crippen LogP contribution in [0.5, 0.6) is 11.5 Å². The Morgan fingerprint density at radius 1 is 0.933 bits per heavy atom. The number of halogens is 2. The fourth-order valence-electron chi connectivity index (χ4n) is 5.56. The highest BCUT2D eigenvalue weighted by atomic mass is 35.5. The first-order chi connectivity index (χ1) is 21.3. The van der Waals surface area contributed by atoms with Crippen molar-refractivity contribution in [1.82, 2.24) is 10.2 Å². The number of aryl methyl sites for hydroxylation is 2. The Morgan fingerprint density at radius 3 is 2.11 bits per heavy atom. The van der Waals surface area contributed by atoms with E-state index in [9.17, 15) is 18.0 Å². The molecule has 1 fully saturated rings. The van der Waals surface area contributed by atoms with E-state index in [4.69, 9.17) is 32.7 Å². The first kappa shape index (κ1) is 34.4. The van der Waals surface area contributed by atoms with E-state index in [1.54, 1.807) is 37.3 Å². The van der Waals surface area contributed by atoms with Crippen LogP contribution in [0.4, 0.5) is 5.69 Å². The number of methoxy groups -OCH3 is 2. The molecule has 4 rings (SSSR count). The monoisotopic (exact) mass is 675 g/mol. The van der Waals surface area contributed by atoms with Gasteiger partial charge in [0.25, 0.3) is 10.0 Å². The molecule has 45 heavy (non-hydrogen) atoms. The van der Waals surface area contributed by atoms with Gasteiger partial charge in [-0.2, -0.15) is 0 Å². The van der Waals surface area contributed by atoms with Crippen LogP contribution in [0, 0.1) is 13.8 Å². The van der Waals surface area contributed by atoms with Gasteiger partial charge in [0, 0.05) is 34.3 Å². The molecule has 242 valence electrons. The molecule has 3 aromatic carbocycles. The first-order valence-corrected chi connectivity index (χ1v) is 16.9. The zero-order valence-electron chi connectivity index (χ0n) is 26.1. The Labute approximate surface area is 275 Å². The lowest BCUT2D eigenvalue weighted by Crippen LogP contribution is -2.52. The van der Waals surface area contributed by atoms with Crippen molar-refractivity contribution in [3.05, 3.63) is 81.3 Å². The zero-order valence-corrected chi connectivity index (χ0v) is 28.4. The lowest BCUT2D eigenvalue weighted by Gasteiger charge is -2.33. The number of hydrogen-bond acceptors (Lipinski definition) is 6. The predicted molar refractivity (Wildman–Crippen MR) is 177 cm³/mol. The van der Waals surface area contributed by atoms with Gasteiger partial charge >= 0.3 is 0 Å². The third kappa shape index (κ3) is 8.04. The van der Waals surface area contributed by atoms with Crippen LogP contribution in [0.25, 0.3) is 0 Å². The molecule has 0 heterocycles. The van der Waals surface area contributed by atoms with Gasteiger partial charge in [0.05, 0.1) is 24.8 Å². The molecule has 3 aromatic rings. The highest BCUT2D eigenvalue weighted by Crippen LogP contribution is 2.33. The highest BCUT2D eigenvalue weighted by Gasteiger charge is 2.34. The average Bonchev–Trinajstić information content (AvgIpc) is 3.51. The Kier molecular flexibility index (Phi) is 11.3. The highest BCUT2D eigenvalue weighted by molar-refractivity contribution is 7.92. The Balaban J connectivity index is 1.77. The summed E-state index contributed by atoms with van der Waals surface area (Å²) in [6, 6.07) is 13.6. The quantitative estimate of drug-likeness (QED) is 0.242. The van der Waals surface area contributed by atoms with E-state index in [2.05, 4.69) is 5.32 Å². The molecule has 12 heteroatoms. The first-order valence-electron chi connectivity index (χ1n) is 14.7. The minimum absolute atomic E-state index is 0.0259. The minimum Gasteiger partial charge on any atom is -0.493 e. The number of nitrogens with zero attached hydrogens (tertiary/aromatic N) is 2.